The predicted molar refractivity (Wildman–Crippen MR) is 97.3 cm³/mol. The third kappa shape index (κ3) is 3.79. The second kappa shape index (κ2) is 7.77. The van der Waals surface area contributed by atoms with E-state index >= 15 is 0 Å². The Bertz CT molecular complexity index is 873. The van der Waals surface area contributed by atoms with Crippen LogP contribution in [0.25, 0.3) is 10.8 Å². The zero-order valence-corrected chi connectivity index (χ0v) is 15.2. The lowest BCUT2D eigenvalue weighted by molar-refractivity contribution is -0.124. The van der Waals surface area contributed by atoms with Gasteiger partial charge in [0.25, 0.3) is 5.91 Å². The number of hydrogen-bond acceptors (Lipinski definition) is 5. The van der Waals surface area contributed by atoms with Crippen molar-refractivity contribution in [1.29, 1.82) is 0 Å². The van der Waals surface area contributed by atoms with Crippen molar-refractivity contribution in [2.75, 3.05) is 13.7 Å². The van der Waals surface area contributed by atoms with Gasteiger partial charge in [0, 0.05) is 23.1 Å². The molecule has 144 valence electrons. The van der Waals surface area contributed by atoms with Crippen LogP contribution in [-0.2, 0) is 16.0 Å². The van der Waals surface area contributed by atoms with Crippen molar-refractivity contribution in [3.8, 4) is 11.6 Å². The molecule has 1 saturated heterocycles. The molecule has 0 saturated carbocycles. The highest BCUT2D eigenvalue weighted by Crippen LogP contribution is 2.32. The van der Waals surface area contributed by atoms with Gasteiger partial charge in [-0.15, -0.1) is 0 Å². The SMILES string of the molecule is CC[C@@H]1[C@H](F)C(=O)N[C@@H]1COc1nccc2cc(CC(N)=O)c(OC)cc12. The number of ether oxygens (including phenoxy) is 2. The van der Waals surface area contributed by atoms with Gasteiger partial charge >= 0.3 is 0 Å². The van der Waals surface area contributed by atoms with Crippen molar-refractivity contribution in [2.45, 2.75) is 32.0 Å². The molecular weight excluding hydrogens is 353 g/mol. The summed E-state index contributed by atoms with van der Waals surface area (Å²) in [4.78, 5) is 27.1. The van der Waals surface area contributed by atoms with Gasteiger partial charge in [0.1, 0.15) is 12.4 Å². The van der Waals surface area contributed by atoms with Crippen LogP contribution in [0.15, 0.2) is 24.4 Å². The van der Waals surface area contributed by atoms with E-state index in [1.54, 1.807) is 24.4 Å². The Morgan fingerprint density at radius 2 is 2.19 bits per heavy atom. The summed E-state index contributed by atoms with van der Waals surface area (Å²) in [6, 6.07) is 4.91. The lowest BCUT2D eigenvalue weighted by Gasteiger charge is -2.19. The first-order valence-electron chi connectivity index (χ1n) is 8.75. The molecule has 27 heavy (non-hydrogen) atoms. The largest absolute Gasteiger partial charge is 0.496 e. The van der Waals surface area contributed by atoms with Gasteiger partial charge in [-0.1, -0.05) is 6.92 Å². The smallest absolute Gasteiger partial charge is 0.255 e. The summed E-state index contributed by atoms with van der Waals surface area (Å²) in [5.74, 6) is -0.628. The quantitative estimate of drug-likeness (QED) is 0.764. The summed E-state index contributed by atoms with van der Waals surface area (Å²) in [6.07, 6.45) is 0.657. The molecule has 3 N–H and O–H groups in total. The van der Waals surface area contributed by atoms with Gasteiger partial charge in [0.2, 0.25) is 11.8 Å². The molecule has 0 spiro atoms. The molecule has 0 aliphatic carbocycles. The minimum absolute atomic E-state index is 0.0573. The van der Waals surface area contributed by atoms with Gasteiger partial charge in [-0.25, -0.2) is 9.37 Å². The van der Waals surface area contributed by atoms with E-state index in [1.807, 2.05) is 6.92 Å². The van der Waals surface area contributed by atoms with Crippen LogP contribution in [0.5, 0.6) is 11.6 Å². The zero-order chi connectivity index (χ0) is 19.6. The minimum Gasteiger partial charge on any atom is -0.496 e. The van der Waals surface area contributed by atoms with Crippen molar-refractivity contribution >= 4 is 22.6 Å². The Labute approximate surface area is 156 Å². The first-order valence-corrected chi connectivity index (χ1v) is 8.75. The highest BCUT2D eigenvalue weighted by atomic mass is 19.1. The molecule has 8 heteroatoms. The average molecular weight is 375 g/mol. The minimum atomic E-state index is -1.51. The van der Waals surface area contributed by atoms with Gasteiger partial charge in [0.05, 0.1) is 19.6 Å². The molecule has 1 aliphatic rings. The number of nitrogens with zero attached hydrogens (tertiary/aromatic N) is 1. The van der Waals surface area contributed by atoms with Crippen molar-refractivity contribution < 1.29 is 23.5 Å². The van der Waals surface area contributed by atoms with Gasteiger partial charge in [-0.2, -0.15) is 0 Å². The van der Waals surface area contributed by atoms with Crippen molar-refractivity contribution in [2.24, 2.45) is 11.7 Å². The predicted octanol–water partition coefficient (Wildman–Crippen LogP) is 1.51. The summed E-state index contributed by atoms with van der Waals surface area (Å²) in [7, 11) is 1.50. The number of carbonyl (C=O) groups is 2. The number of alkyl halides is 1. The van der Waals surface area contributed by atoms with Crippen molar-refractivity contribution in [3.63, 3.8) is 0 Å². The van der Waals surface area contributed by atoms with E-state index in [9.17, 15) is 14.0 Å². The lowest BCUT2D eigenvalue weighted by atomic mass is 9.97. The number of hydrogen-bond donors (Lipinski definition) is 2. The Kier molecular flexibility index (Phi) is 5.43. The van der Waals surface area contributed by atoms with E-state index in [0.717, 1.165) is 5.39 Å². The number of carbonyl (C=O) groups excluding carboxylic acids is 2. The molecule has 1 aliphatic heterocycles. The molecule has 1 aromatic carbocycles. The summed E-state index contributed by atoms with van der Waals surface area (Å²) in [6.45, 7) is 1.95. The van der Waals surface area contributed by atoms with Gasteiger partial charge in [-0.3, -0.25) is 9.59 Å². The maximum atomic E-state index is 13.9. The highest BCUT2D eigenvalue weighted by molar-refractivity contribution is 5.90. The van der Waals surface area contributed by atoms with Gasteiger partial charge in [-0.05, 0) is 30.0 Å². The van der Waals surface area contributed by atoms with E-state index in [-0.39, 0.29) is 13.0 Å². The Morgan fingerprint density at radius 3 is 2.85 bits per heavy atom. The highest BCUT2D eigenvalue weighted by Gasteiger charge is 2.41. The summed E-state index contributed by atoms with van der Waals surface area (Å²) >= 11 is 0. The Balaban J connectivity index is 1.86. The molecule has 0 unspecified atom stereocenters. The van der Waals surface area contributed by atoms with E-state index in [0.29, 0.717) is 29.0 Å². The number of benzene rings is 1. The number of amides is 2. The summed E-state index contributed by atoms with van der Waals surface area (Å²) in [5, 5.41) is 4.13. The number of primary amides is 1. The molecule has 2 amide bonds. The fraction of sp³-hybridized carbons (Fsp3) is 0.421. The lowest BCUT2D eigenvalue weighted by Crippen LogP contribution is -2.34. The maximum absolute atomic E-state index is 13.9. The zero-order valence-electron chi connectivity index (χ0n) is 15.2. The molecule has 3 rings (SSSR count). The molecule has 1 aromatic heterocycles. The van der Waals surface area contributed by atoms with Crippen LogP contribution in [0, 0.1) is 5.92 Å². The fourth-order valence-electron chi connectivity index (χ4n) is 3.45. The van der Waals surface area contributed by atoms with E-state index in [1.165, 1.54) is 7.11 Å². The fourth-order valence-corrected chi connectivity index (χ4v) is 3.45. The van der Waals surface area contributed by atoms with Crippen LogP contribution >= 0.6 is 0 Å². The first kappa shape index (κ1) is 18.9. The van der Waals surface area contributed by atoms with E-state index < -0.39 is 29.9 Å². The third-order valence-corrected chi connectivity index (χ3v) is 4.84. The van der Waals surface area contributed by atoms with Crippen LogP contribution in [-0.4, -0.2) is 42.7 Å². The number of rotatable bonds is 7. The number of nitrogens with two attached hydrogens (primary N) is 1. The Hall–Kier alpha value is -2.90. The van der Waals surface area contributed by atoms with Crippen molar-refractivity contribution in [1.82, 2.24) is 10.3 Å². The molecule has 2 aromatic rings. The average Bonchev–Trinajstić information content (AvgIpc) is 2.92. The number of nitrogens with one attached hydrogen (secondary N) is 1. The number of pyridine rings is 1. The molecule has 0 bridgehead atoms. The number of halogens is 1. The third-order valence-electron chi connectivity index (χ3n) is 4.84. The number of fused-ring (bicyclic) bond motifs is 1. The van der Waals surface area contributed by atoms with Crippen LogP contribution in [0.3, 0.4) is 0 Å². The molecule has 0 radical (unpaired) electrons. The number of aromatic nitrogens is 1. The standard InChI is InChI=1S/C19H22FN3O4/c1-3-12-14(23-18(25)17(12)20)9-27-19-13-8-15(26-2)11(7-16(21)24)6-10(13)4-5-22-19/h4-6,8,12,14,17H,3,7,9H2,1-2H3,(H2,21,24)(H,23,25)/t12-,14+,17-/m0/s1. The van der Waals surface area contributed by atoms with E-state index in [2.05, 4.69) is 10.3 Å². The second-order valence-electron chi connectivity index (χ2n) is 6.54. The molecule has 3 atom stereocenters. The first-order chi connectivity index (χ1) is 12.9. The second-order valence-corrected chi connectivity index (χ2v) is 6.54. The van der Waals surface area contributed by atoms with Crippen LogP contribution in [0.4, 0.5) is 4.39 Å². The Morgan fingerprint density at radius 1 is 1.41 bits per heavy atom. The summed E-state index contributed by atoms with van der Waals surface area (Å²) in [5.41, 5.74) is 5.96. The number of methoxy groups -OCH3 is 1. The maximum Gasteiger partial charge on any atom is 0.255 e. The topological polar surface area (TPSA) is 104 Å². The van der Waals surface area contributed by atoms with Crippen LogP contribution in [0.2, 0.25) is 0 Å². The normalized spacial score (nSPS) is 21.9. The monoisotopic (exact) mass is 375 g/mol. The molecule has 2 heterocycles. The van der Waals surface area contributed by atoms with Crippen LogP contribution in [0.1, 0.15) is 18.9 Å². The van der Waals surface area contributed by atoms with Crippen LogP contribution < -0.4 is 20.5 Å². The molecular formula is C19H22FN3O4. The van der Waals surface area contributed by atoms with E-state index in [4.69, 9.17) is 15.2 Å². The molecule has 7 nitrogen and oxygen atoms in total. The molecule has 1 fully saturated rings. The summed E-state index contributed by atoms with van der Waals surface area (Å²) < 4.78 is 25.1. The van der Waals surface area contributed by atoms with Gasteiger partial charge < -0.3 is 20.5 Å². The van der Waals surface area contributed by atoms with Gasteiger partial charge in [0.15, 0.2) is 6.17 Å². The van der Waals surface area contributed by atoms with Crippen molar-refractivity contribution in [3.05, 3.63) is 30.0 Å².